The van der Waals surface area contributed by atoms with E-state index in [1.807, 2.05) is 22.2 Å². The van der Waals surface area contributed by atoms with Gasteiger partial charge in [0.25, 0.3) is 0 Å². The lowest BCUT2D eigenvalue weighted by atomic mass is 10.1. The lowest BCUT2D eigenvalue weighted by Crippen LogP contribution is -2.59. The minimum atomic E-state index is -1.28. The topological polar surface area (TPSA) is 339 Å². The van der Waals surface area contributed by atoms with E-state index in [0.717, 1.165) is 15.1 Å². The third kappa shape index (κ3) is 15.0. The zero-order valence-electron chi connectivity index (χ0n) is 37.7. The Labute approximate surface area is 388 Å². The van der Waals surface area contributed by atoms with Crippen molar-refractivity contribution < 1.29 is 47.9 Å². The Balaban J connectivity index is 1.61. The van der Waals surface area contributed by atoms with Crippen LogP contribution in [0.5, 0.6) is 0 Å². The van der Waals surface area contributed by atoms with E-state index in [4.69, 9.17) is 5.73 Å². The summed E-state index contributed by atoms with van der Waals surface area (Å²) in [6.07, 6.45) is 5.99. The van der Waals surface area contributed by atoms with Crippen LogP contribution < -0.4 is 53.6 Å². The zero-order chi connectivity index (χ0) is 48.8. The van der Waals surface area contributed by atoms with Crippen molar-refractivity contribution in [2.75, 3.05) is 5.75 Å². The Morgan fingerprint density at radius 2 is 1.26 bits per heavy atom. The van der Waals surface area contributed by atoms with Crippen molar-refractivity contribution in [2.24, 2.45) is 5.73 Å². The number of nitrogens with zero attached hydrogens (tertiary/aromatic N) is 2. The fourth-order valence-corrected chi connectivity index (χ4v) is 8.83. The maximum absolute atomic E-state index is 14.0. The molecule has 12 N–H and O–H groups in total. The zero-order valence-corrected chi connectivity index (χ0v) is 39.3. The number of hydrogen-bond acceptors (Lipinski definition) is 13. The third-order valence-corrected chi connectivity index (χ3v) is 12.7. The number of imidazole rings is 1. The molecular formula is C41H59N13O10S2. The smallest absolute Gasteiger partial charge is 0.244 e. The predicted molar refractivity (Wildman–Crippen MR) is 243 cm³/mol. The van der Waals surface area contributed by atoms with Crippen LogP contribution in [-0.4, -0.2) is 134 Å². The molecule has 0 fully saturated rings. The maximum atomic E-state index is 14.0. The number of carbonyl (C=O) groups excluding carboxylic acids is 10. The molecule has 0 aliphatic carbocycles. The Bertz CT molecular complexity index is 2260. The molecule has 10 amide bonds. The first-order chi connectivity index (χ1) is 31.1. The first-order valence-electron chi connectivity index (χ1n) is 21.3. The van der Waals surface area contributed by atoms with Crippen LogP contribution in [0.4, 0.5) is 0 Å². The van der Waals surface area contributed by atoms with Crippen LogP contribution in [0.3, 0.4) is 0 Å². The number of carbonyl (C=O) groups is 10. The first kappa shape index (κ1) is 52.1. The van der Waals surface area contributed by atoms with Gasteiger partial charge < -0.3 is 63.1 Å². The number of aromatic amines is 1. The number of rotatable bonds is 6. The number of primary amides is 1. The summed E-state index contributed by atoms with van der Waals surface area (Å²) in [6.45, 7) is 9.94. The summed E-state index contributed by atoms with van der Waals surface area (Å²) in [4.78, 5) is 138. The second-order valence-electron chi connectivity index (χ2n) is 16.1. The largest absolute Gasteiger partial charge is 0.368 e. The van der Waals surface area contributed by atoms with Gasteiger partial charge in [-0.2, -0.15) is 0 Å². The molecule has 0 bridgehead atoms. The van der Waals surface area contributed by atoms with Crippen molar-refractivity contribution in [2.45, 2.75) is 140 Å². The molecule has 0 saturated carbocycles. The summed E-state index contributed by atoms with van der Waals surface area (Å²) >= 11 is 2.73. The monoisotopic (exact) mass is 957 g/mol. The fraction of sp³-hybridized carbons (Fsp3) is 0.537. The summed E-state index contributed by atoms with van der Waals surface area (Å²) in [6, 6.07) is -8.61. The van der Waals surface area contributed by atoms with Gasteiger partial charge in [-0.15, -0.1) is 23.1 Å². The summed E-state index contributed by atoms with van der Waals surface area (Å²) in [5.41, 5.74) is 6.18. The molecule has 1 aliphatic rings. The second kappa shape index (κ2) is 24.1. The van der Waals surface area contributed by atoms with Crippen LogP contribution in [0, 0.1) is 0 Å². The van der Waals surface area contributed by atoms with Crippen molar-refractivity contribution in [3.8, 4) is 0 Å². The molecule has 0 unspecified atom stereocenters. The second-order valence-corrected chi connectivity index (χ2v) is 18.0. The molecule has 0 saturated heterocycles. The minimum Gasteiger partial charge on any atom is -0.368 e. The van der Waals surface area contributed by atoms with Gasteiger partial charge >= 0.3 is 0 Å². The number of H-pyrrole nitrogens is 1. The Morgan fingerprint density at radius 1 is 0.758 bits per heavy atom. The lowest BCUT2D eigenvalue weighted by Gasteiger charge is -2.25. The molecule has 0 radical (unpaired) electrons. The lowest BCUT2D eigenvalue weighted by molar-refractivity contribution is -0.135. The van der Waals surface area contributed by atoms with Crippen LogP contribution in [0.15, 0.2) is 35.2 Å². The molecule has 1 aliphatic heterocycles. The van der Waals surface area contributed by atoms with E-state index in [9.17, 15) is 47.9 Å². The number of thiophene rings is 1. The van der Waals surface area contributed by atoms with Gasteiger partial charge in [-0.05, 0) is 72.3 Å². The average molecular weight is 958 g/mol. The van der Waals surface area contributed by atoms with Crippen molar-refractivity contribution in [1.82, 2.24) is 62.4 Å². The highest BCUT2D eigenvalue weighted by molar-refractivity contribution is 7.99. The minimum absolute atomic E-state index is 0.0143. The average Bonchev–Trinajstić information content (AvgIpc) is 4.01. The third-order valence-electron chi connectivity index (χ3n) is 10.5. The number of nitrogens with two attached hydrogens (primary N) is 1. The van der Waals surface area contributed by atoms with E-state index in [1.54, 1.807) is 0 Å². The summed E-state index contributed by atoms with van der Waals surface area (Å²) < 4.78 is 2.88. The molecule has 0 spiro atoms. The van der Waals surface area contributed by atoms with Gasteiger partial charge in [0.05, 0.1) is 16.1 Å². The highest BCUT2D eigenvalue weighted by Crippen LogP contribution is 2.35. The van der Waals surface area contributed by atoms with Gasteiger partial charge in [0, 0.05) is 49.1 Å². The van der Waals surface area contributed by atoms with Gasteiger partial charge in [-0.1, -0.05) is 0 Å². The quantitative estimate of drug-likeness (QED) is 0.127. The number of hydrogen-bond donors (Lipinski definition) is 11. The van der Waals surface area contributed by atoms with E-state index < -0.39 is 113 Å². The predicted octanol–water partition coefficient (Wildman–Crippen LogP) is -2.07. The van der Waals surface area contributed by atoms with Gasteiger partial charge in [-0.3, -0.25) is 47.9 Å². The molecule has 9 atom stereocenters. The number of amides is 10. The first-order valence-corrected chi connectivity index (χ1v) is 23.2. The fourth-order valence-electron chi connectivity index (χ4n) is 6.56. The van der Waals surface area contributed by atoms with E-state index >= 15 is 0 Å². The molecular weight excluding hydrogens is 899 g/mol. The SMILES string of the molecule is CC(=O)N[C@H]1CCCCn2cc3ccsc3c2SC[C@@H](C(=O)N[C@@H](Cc2cnc[nH]2)C(N)=O)NC(=O)[C@H](C)NC(=O)[C@H](C)NC(=O)[C@H](C)NC(=O)[C@H](C)NC(=O)[C@H](C)NC(=O)[C@H](C)NC1=O. The van der Waals surface area contributed by atoms with E-state index in [1.165, 1.54) is 84.1 Å². The van der Waals surface area contributed by atoms with Crippen molar-refractivity contribution in [1.29, 1.82) is 0 Å². The highest BCUT2D eigenvalue weighted by Gasteiger charge is 2.32. The van der Waals surface area contributed by atoms with Gasteiger partial charge in [-0.25, -0.2) is 4.98 Å². The molecule has 3 aromatic heterocycles. The van der Waals surface area contributed by atoms with Crippen molar-refractivity contribution in [3.63, 3.8) is 0 Å². The van der Waals surface area contributed by atoms with E-state index in [0.29, 0.717) is 25.1 Å². The molecule has 4 rings (SSSR count). The molecule has 66 heavy (non-hydrogen) atoms. The Hall–Kier alpha value is -6.50. The Morgan fingerprint density at radius 3 is 1.73 bits per heavy atom. The van der Waals surface area contributed by atoms with Gasteiger partial charge in [0.1, 0.15) is 54.4 Å². The molecule has 4 heterocycles. The number of aryl methyl sites for hydroxylation is 1. The number of aromatic nitrogens is 3. The van der Waals surface area contributed by atoms with Crippen LogP contribution in [0.1, 0.15) is 73.4 Å². The molecule has 3 aromatic rings. The van der Waals surface area contributed by atoms with Crippen molar-refractivity contribution in [3.05, 3.63) is 35.9 Å². The van der Waals surface area contributed by atoms with Crippen LogP contribution in [0.2, 0.25) is 0 Å². The van der Waals surface area contributed by atoms with Crippen molar-refractivity contribution >= 4 is 92.3 Å². The summed E-state index contributed by atoms with van der Waals surface area (Å²) in [5, 5.41) is 26.5. The van der Waals surface area contributed by atoms with Gasteiger partial charge in [0.15, 0.2) is 0 Å². The van der Waals surface area contributed by atoms with Crippen LogP contribution in [-0.2, 0) is 60.9 Å². The van der Waals surface area contributed by atoms with E-state index in [2.05, 4.69) is 57.8 Å². The summed E-state index contributed by atoms with van der Waals surface area (Å²) in [5.74, 6) is -7.20. The van der Waals surface area contributed by atoms with Gasteiger partial charge in [0.2, 0.25) is 59.1 Å². The molecule has 360 valence electrons. The number of nitrogens with one attached hydrogen (secondary N) is 10. The maximum Gasteiger partial charge on any atom is 0.244 e. The standard InChI is InChI=1S/C41H59N13O10S2/c1-19-33(57)45-20(2)34(58)47-22(4)36(60)49-24(6)38(62)53-30(40(64)52-29(32(42)56)14-27-15-43-18-44-27)17-66-41-31-26(11-13-65-31)16-54(41)12-9-8-10-28(51-25(7)55)39(63)50-23(5)37(61)48-21(3)35(59)46-19/h11,13,15-16,18-24,28-30H,8-10,12,14,17H2,1-7H3,(H2,42,56)(H,43,44)(H,45,57)(H,46,59)(H,47,58)(H,48,61)(H,49,60)(H,50,63)(H,51,55)(H,52,64)(H,53,62)/t19-,20-,21-,22-,23-,24-,28-,29-,30-/m0/s1. The molecule has 23 nitrogen and oxygen atoms in total. The van der Waals surface area contributed by atoms with Crippen LogP contribution in [0.25, 0.3) is 10.1 Å². The molecule has 0 aromatic carbocycles. The number of thioether (sulfide) groups is 1. The molecule has 25 heteroatoms. The summed E-state index contributed by atoms with van der Waals surface area (Å²) in [7, 11) is 0. The normalized spacial score (nSPS) is 25.8. The number of fused-ring (bicyclic) bond motifs is 3. The highest BCUT2D eigenvalue weighted by atomic mass is 32.2. The Kier molecular flexibility index (Phi) is 19.1. The van der Waals surface area contributed by atoms with Crippen LogP contribution >= 0.6 is 23.1 Å². The van der Waals surface area contributed by atoms with E-state index in [-0.39, 0.29) is 18.6 Å².